The zero-order valence-electron chi connectivity index (χ0n) is 9.67. The van der Waals surface area contributed by atoms with E-state index in [1.807, 2.05) is 18.8 Å². The van der Waals surface area contributed by atoms with E-state index in [1.54, 1.807) is 0 Å². The summed E-state index contributed by atoms with van der Waals surface area (Å²) in [5.74, 6) is 2.25. The molecule has 0 radical (unpaired) electrons. The highest BCUT2D eigenvalue weighted by Crippen LogP contribution is 2.51. The van der Waals surface area contributed by atoms with Crippen LogP contribution in [0.1, 0.15) is 25.7 Å². The number of ether oxygens (including phenoxy) is 1. The zero-order valence-corrected chi connectivity index (χ0v) is 10.5. The van der Waals surface area contributed by atoms with Gasteiger partial charge in [0.1, 0.15) is 0 Å². The van der Waals surface area contributed by atoms with E-state index < -0.39 is 0 Å². The predicted octanol–water partition coefficient (Wildman–Crippen LogP) is 1.67. The number of carbonyl (C=O) groups is 1. The van der Waals surface area contributed by atoms with Gasteiger partial charge in [0.2, 0.25) is 0 Å². The molecule has 0 amide bonds. The fourth-order valence-electron chi connectivity index (χ4n) is 1.57. The first-order valence-corrected chi connectivity index (χ1v) is 6.67. The predicted molar refractivity (Wildman–Crippen MR) is 64.2 cm³/mol. The van der Waals surface area contributed by atoms with Crippen LogP contribution >= 0.6 is 11.8 Å². The highest BCUT2D eigenvalue weighted by molar-refractivity contribution is 7.99. The normalized spacial score (nSPS) is 17.5. The Morgan fingerprint density at radius 2 is 2.27 bits per heavy atom. The molecule has 4 heteroatoms. The molecule has 0 unspecified atom stereocenters. The zero-order chi connectivity index (χ0) is 11.1. The molecule has 0 saturated heterocycles. The largest absolute Gasteiger partial charge is 0.469 e. The molecule has 0 heterocycles. The van der Waals surface area contributed by atoms with Crippen molar-refractivity contribution in [3.63, 3.8) is 0 Å². The van der Waals surface area contributed by atoms with Gasteiger partial charge in [-0.2, -0.15) is 11.8 Å². The van der Waals surface area contributed by atoms with Gasteiger partial charge in [-0.25, -0.2) is 0 Å². The molecule has 0 spiro atoms. The van der Waals surface area contributed by atoms with Gasteiger partial charge in [-0.15, -0.1) is 0 Å². The molecule has 1 aliphatic rings. The van der Waals surface area contributed by atoms with E-state index in [2.05, 4.69) is 5.32 Å². The van der Waals surface area contributed by atoms with Gasteiger partial charge >= 0.3 is 5.97 Å². The number of nitrogens with one attached hydrogen (secondary N) is 1. The Hall–Kier alpha value is -0.220. The average molecular weight is 231 g/mol. The van der Waals surface area contributed by atoms with Crippen LogP contribution in [0.2, 0.25) is 0 Å². The van der Waals surface area contributed by atoms with Crippen molar-refractivity contribution in [2.75, 3.05) is 32.2 Å². The first-order chi connectivity index (χ1) is 7.22. The summed E-state index contributed by atoms with van der Waals surface area (Å²) < 4.78 is 4.71. The van der Waals surface area contributed by atoms with E-state index in [-0.39, 0.29) is 11.4 Å². The number of esters is 1. The first kappa shape index (κ1) is 12.8. The van der Waals surface area contributed by atoms with Crippen molar-refractivity contribution >= 4 is 17.7 Å². The van der Waals surface area contributed by atoms with Gasteiger partial charge < -0.3 is 10.1 Å². The molecule has 1 saturated carbocycles. The van der Waals surface area contributed by atoms with Gasteiger partial charge in [0.05, 0.1) is 13.5 Å². The van der Waals surface area contributed by atoms with E-state index in [0.29, 0.717) is 6.42 Å². The standard InChI is InChI=1S/C11H21NO2S/c1-12-6-3-7-15-9-11(4-5-11)8-10(13)14-2/h12H,3-9H2,1-2H3. The van der Waals surface area contributed by atoms with Crippen molar-refractivity contribution < 1.29 is 9.53 Å². The first-order valence-electron chi connectivity index (χ1n) is 5.52. The Morgan fingerprint density at radius 1 is 1.53 bits per heavy atom. The molecule has 1 N–H and O–H groups in total. The quantitative estimate of drug-likeness (QED) is 0.509. The third kappa shape index (κ3) is 4.89. The van der Waals surface area contributed by atoms with Crippen molar-refractivity contribution in [2.24, 2.45) is 5.41 Å². The Kier molecular flexibility index (Phi) is 5.47. The lowest BCUT2D eigenvalue weighted by Crippen LogP contribution is -2.14. The van der Waals surface area contributed by atoms with E-state index >= 15 is 0 Å². The molecule has 0 aromatic carbocycles. The summed E-state index contributed by atoms with van der Waals surface area (Å²) >= 11 is 1.97. The lowest BCUT2D eigenvalue weighted by molar-refractivity contribution is -0.141. The lowest BCUT2D eigenvalue weighted by Gasteiger charge is -2.12. The number of carbonyl (C=O) groups excluding carboxylic acids is 1. The SMILES string of the molecule is CNCCCSCC1(CC(=O)OC)CC1. The summed E-state index contributed by atoms with van der Waals surface area (Å²) in [6, 6.07) is 0. The summed E-state index contributed by atoms with van der Waals surface area (Å²) in [7, 11) is 3.45. The summed E-state index contributed by atoms with van der Waals surface area (Å²) in [5, 5.41) is 3.13. The molecule has 3 nitrogen and oxygen atoms in total. The second-order valence-corrected chi connectivity index (χ2v) is 5.37. The summed E-state index contributed by atoms with van der Waals surface area (Å²) in [6.07, 6.45) is 4.21. The number of methoxy groups -OCH3 is 1. The molecule has 0 aromatic heterocycles. The molecule has 0 aromatic rings. The minimum Gasteiger partial charge on any atom is -0.469 e. The second-order valence-electron chi connectivity index (χ2n) is 4.26. The Morgan fingerprint density at radius 3 is 2.80 bits per heavy atom. The van der Waals surface area contributed by atoms with Crippen molar-refractivity contribution in [2.45, 2.75) is 25.7 Å². The third-order valence-corrected chi connectivity index (χ3v) is 4.22. The van der Waals surface area contributed by atoms with Gasteiger partial charge in [-0.3, -0.25) is 4.79 Å². The average Bonchev–Trinajstić information content (AvgIpc) is 2.98. The second kappa shape index (κ2) is 6.38. The van der Waals surface area contributed by atoms with Crippen LogP contribution in [0.15, 0.2) is 0 Å². The van der Waals surface area contributed by atoms with Gasteiger partial charge in [0.15, 0.2) is 0 Å². The van der Waals surface area contributed by atoms with E-state index in [1.165, 1.54) is 32.1 Å². The number of thioether (sulfide) groups is 1. The topological polar surface area (TPSA) is 38.3 Å². The van der Waals surface area contributed by atoms with Crippen molar-refractivity contribution in [3.8, 4) is 0 Å². The molecule has 0 atom stereocenters. The highest BCUT2D eigenvalue weighted by atomic mass is 32.2. The highest BCUT2D eigenvalue weighted by Gasteiger charge is 2.44. The Labute approximate surface area is 96.3 Å². The van der Waals surface area contributed by atoms with Gasteiger partial charge in [0.25, 0.3) is 0 Å². The third-order valence-electron chi connectivity index (χ3n) is 2.83. The molecule has 0 aliphatic heterocycles. The van der Waals surface area contributed by atoms with Gasteiger partial charge in [0, 0.05) is 0 Å². The minimum absolute atomic E-state index is 0.0525. The van der Waals surface area contributed by atoms with Crippen molar-refractivity contribution in [3.05, 3.63) is 0 Å². The fraction of sp³-hybridized carbons (Fsp3) is 0.909. The molecule has 15 heavy (non-hydrogen) atoms. The smallest absolute Gasteiger partial charge is 0.306 e. The van der Waals surface area contributed by atoms with Crippen LogP contribution in [0.25, 0.3) is 0 Å². The summed E-state index contributed by atoms with van der Waals surface area (Å²) in [4.78, 5) is 11.2. The van der Waals surface area contributed by atoms with Crippen LogP contribution in [-0.2, 0) is 9.53 Å². The maximum atomic E-state index is 11.2. The number of hydrogen-bond acceptors (Lipinski definition) is 4. The fourth-order valence-corrected chi connectivity index (χ4v) is 2.88. The Bertz CT molecular complexity index is 205. The molecule has 1 fully saturated rings. The maximum absolute atomic E-state index is 11.2. The summed E-state index contributed by atoms with van der Waals surface area (Å²) in [5.41, 5.74) is 0.289. The van der Waals surface area contributed by atoms with Gasteiger partial charge in [-0.05, 0) is 49.8 Å². The van der Waals surface area contributed by atoms with Crippen LogP contribution in [0, 0.1) is 5.41 Å². The van der Waals surface area contributed by atoms with E-state index in [9.17, 15) is 4.79 Å². The number of hydrogen-bond donors (Lipinski definition) is 1. The molecular formula is C11H21NO2S. The molecular weight excluding hydrogens is 210 g/mol. The van der Waals surface area contributed by atoms with Crippen molar-refractivity contribution in [1.29, 1.82) is 0 Å². The van der Waals surface area contributed by atoms with Crippen LogP contribution in [0.3, 0.4) is 0 Å². The van der Waals surface area contributed by atoms with Gasteiger partial charge in [-0.1, -0.05) is 0 Å². The van der Waals surface area contributed by atoms with Crippen LogP contribution < -0.4 is 5.32 Å². The van der Waals surface area contributed by atoms with E-state index in [0.717, 1.165) is 12.3 Å². The molecule has 88 valence electrons. The minimum atomic E-state index is -0.0525. The molecule has 1 rings (SSSR count). The lowest BCUT2D eigenvalue weighted by atomic mass is 10.1. The van der Waals surface area contributed by atoms with Crippen LogP contribution in [0.4, 0.5) is 0 Å². The number of rotatable bonds is 8. The van der Waals surface area contributed by atoms with Crippen LogP contribution in [-0.4, -0.2) is 38.2 Å². The Balaban J connectivity index is 2.07. The van der Waals surface area contributed by atoms with Crippen molar-refractivity contribution in [1.82, 2.24) is 5.32 Å². The maximum Gasteiger partial charge on any atom is 0.306 e. The monoisotopic (exact) mass is 231 g/mol. The van der Waals surface area contributed by atoms with Crippen LogP contribution in [0.5, 0.6) is 0 Å². The summed E-state index contributed by atoms with van der Waals surface area (Å²) in [6.45, 7) is 1.08. The van der Waals surface area contributed by atoms with E-state index in [4.69, 9.17) is 4.74 Å². The molecule has 0 bridgehead atoms. The molecule has 1 aliphatic carbocycles.